The van der Waals surface area contributed by atoms with Crippen molar-refractivity contribution in [2.45, 2.75) is 24.1 Å². The largest absolute Gasteiger partial charge is 0.341 e. The molecule has 2 heterocycles. The summed E-state index contributed by atoms with van der Waals surface area (Å²) >= 11 is 1.38. The third-order valence-corrected chi connectivity index (χ3v) is 5.65. The van der Waals surface area contributed by atoms with Crippen LogP contribution in [0.4, 0.5) is 5.69 Å². The number of fused-ring (bicyclic) bond motifs is 1. The van der Waals surface area contributed by atoms with Crippen LogP contribution >= 0.6 is 11.8 Å². The number of H-pyrrole nitrogens is 1. The van der Waals surface area contributed by atoms with E-state index in [0.717, 1.165) is 27.9 Å². The second-order valence-corrected chi connectivity index (χ2v) is 7.59. The molecule has 2 aromatic carbocycles. The minimum atomic E-state index is -0.469. The average Bonchev–Trinajstić information content (AvgIpc) is 3.18. The highest BCUT2D eigenvalue weighted by Crippen LogP contribution is 2.37. The molecule has 0 aliphatic carbocycles. The van der Waals surface area contributed by atoms with Crippen LogP contribution in [0.3, 0.4) is 0 Å². The first-order valence-corrected chi connectivity index (χ1v) is 9.73. The van der Waals surface area contributed by atoms with Crippen LogP contribution < -0.4 is 5.32 Å². The van der Waals surface area contributed by atoms with Crippen LogP contribution in [-0.4, -0.2) is 25.8 Å². The molecule has 28 heavy (non-hydrogen) atoms. The Labute approximate surface area is 166 Å². The molecule has 0 saturated heterocycles. The molecule has 0 fully saturated rings. The van der Waals surface area contributed by atoms with Crippen molar-refractivity contribution in [2.24, 2.45) is 0 Å². The summed E-state index contributed by atoms with van der Waals surface area (Å²) in [4.78, 5) is 29.0. The predicted molar refractivity (Wildman–Crippen MR) is 111 cm³/mol. The van der Waals surface area contributed by atoms with Gasteiger partial charge in [0.05, 0.1) is 6.33 Å². The summed E-state index contributed by atoms with van der Waals surface area (Å²) in [6.45, 7) is 4.03. The lowest BCUT2D eigenvalue weighted by molar-refractivity contribution is -0.115. The van der Waals surface area contributed by atoms with E-state index in [9.17, 15) is 4.79 Å². The molecule has 140 valence electrons. The van der Waals surface area contributed by atoms with Crippen LogP contribution in [0.5, 0.6) is 0 Å². The number of anilines is 1. The Kier molecular flexibility index (Phi) is 5.08. The van der Waals surface area contributed by atoms with Crippen LogP contribution in [0.25, 0.3) is 11.2 Å². The van der Waals surface area contributed by atoms with Crippen molar-refractivity contribution in [1.29, 1.82) is 0 Å². The molecule has 4 aromatic rings. The highest BCUT2D eigenvalue weighted by Gasteiger charge is 2.24. The molecule has 0 spiro atoms. The summed E-state index contributed by atoms with van der Waals surface area (Å²) < 4.78 is 0. The van der Waals surface area contributed by atoms with E-state index in [-0.39, 0.29) is 5.91 Å². The van der Waals surface area contributed by atoms with Crippen molar-refractivity contribution < 1.29 is 4.79 Å². The van der Waals surface area contributed by atoms with E-state index in [0.29, 0.717) is 10.7 Å². The third kappa shape index (κ3) is 3.75. The number of aromatic amines is 1. The Morgan fingerprint density at radius 3 is 2.68 bits per heavy atom. The molecular formula is C21H19N5OS. The topological polar surface area (TPSA) is 83.6 Å². The molecule has 6 nitrogen and oxygen atoms in total. The number of rotatable bonds is 5. The number of amides is 1. The smallest absolute Gasteiger partial charge is 0.242 e. The maximum atomic E-state index is 13.2. The quantitative estimate of drug-likeness (QED) is 0.389. The third-order valence-electron chi connectivity index (χ3n) is 4.40. The Morgan fingerprint density at radius 1 is 1.07 bits per heavy atom. The summed E-state index contributed by atoms with van der Waals surface area (Å²) in [6.07, 6.45) is 3.05. The number of benzene rings is 2. The first kappa shape index (κ1) is 18.2. The standard InChI is InChI=1S/C21H19N5OS/c1-13-8-9-16(14(2)10-13)26-20(27)18(15-6-4-3-5-7-15)28-21-17-19(23-11-22-17)24-12-25-21/h3-12,18H,1-2H3,(H,26,27)(H,22,23,24,25). The molecule has 2 N–H and O–H groups in total. The molecule has 0 aliphatic rings. The number of aromatic nitrogens is 4. The molecule has 1 amide bonds. The van der Waals surface area contributed by atoms with E-state index >= 15 is 0 Å². The normalized spacial score (nSPS) is 12.1. The molecule has 0 radical (unpaired) electrons. The van der Waals surface area contributed by atoms with E-state index in [1.54, 1.807) is 6.33 Å². The lowest BCUT2D eigenvalue weighted by Gasteiger charge is -2.18. The number of carbonyl (C=O) groups excluding carboxylic acids is 1. The van der Waals surface area contributed by atoms with Crippen molar-refractivity contribution in [1.82, 2.24) is 19.9 Å². The number of aryl methyl sites for hydroxylation is 2. The monoisotopic (exact) mass is 389 g/mol. The van der Waals surface area contributed by atoms with E-state index in [1.807, 2.05) is 56.3 Å². The SMILES string of the molecule is Cc1ccc(NC(=O)C(Sc2ncnc3nc[nH]c23)c2ccccc2)c(C)c1. The van der Waals surface area contributed by atoms with Crippen molar-refractivity contribution in [2.75, 3.05) is 5.32 Å². The maximum absolute atomic E-state index is 13.2. The van der Waals surface area contributed by atoms with Gasteiger partial charge in [0.25, 0.3) is 0 Å². The maximum Gasteiger partial charge on any atom is 0.242 e. The Bertz CT molecular complexity index is 1130. The van der Waals surface area contributed by atoms with Gasteiger partial charge >= 0.3 is 0 Å². The Balaban J connectivity index is 1.67. The Morgan fingerprint density at radius 2 is 1.89 bits per heavy atom. The highest BCUT2D eigenvalue weighted by molar-refractivity contribution is 8.00. The van der Waals surface area contributed by atoms with Crippen molar-refractivity contribution in [3.63, 3.8) is 0 Å². The van der Waals surface area contributed by atoms with Gasteiger partial charge in [-0.15, -0.1) is 0 Å². The van der Waals surface area contributed by atoms with Gasteiger partial charge in [-0.25, -0.2) is 15.0 Å². The minimum Gasteiger partial charge on any atom is -0.341 e. The van der Waals surface area contributed by atoms with Gasteiger partial charge in [-0.2, -0.15) is 0 Å². The summed E-state index contributed by atoms with van der Waals surface area (Å²) in [5.74, 6) is -0.102. The summed E-state index contributed by atoms with van der Waals surface area (Å²) in [5, 5.41) is 3.29. The predicted octanol–water partition coefficient (Wildman–Crippen LogP) is 4.44. The number of hydrogen-bond acceptors (Lipinski definition) is 5. The Hall–Kier alpha value is -3.19. The van der Waals surface area contributed by atoms with Gasteiger partial charge in [0.1, 0.15) is 22.1 Å². The zero-order valence-corrected chi connectivity index (χ0v) is 16.3. The molecule has 1 atom stereocenters. The van der Waals surface area contributed by atoms with Gasteiger partial charge in [-0.05, 0) is 31.0 Å². The minimum absolute atomic E-state index is 0.102. The zero-order valence-electron chi connectivity index (χ0n) is 15.5. The van der Waals surface area contributed by atoms with Crippen LogP contribution in [0.1, 0.15) is 21.9 Å². The number of imidazole rings is 1. The van der Waals surface area contributed by atoms with Crippen LogP contribution in [0, 0.1) is 13.8 Å². The highest BCUT2D eigenvalue weighted by atomic mass is 32.2. The van der Waals surface area contributed by atoms with E-state index < -0.39 is 5.25 Å². The molecule has 0 aliphatic heterocycles. The van der Waals surface area contributed by atoms with Gasteiger partial charge in [0, 0.05) is 5.69 Å². The van der Waals surface area contributed by atoms with E-state index in [2.05, 4.69) is 31.3 Å². The van der Waals surface area contributed by atoms with E-state index in [1.165, 1.54) is 18.1 Å². The van der Waals surface area contributed by atoms with Crippen molar-refractivity contribution in [3.8, 4) is 0 Å². The fraction of sp³-hybridized carbons (Fsp3) is 0.143. The fourth-order valence-corrected chi connectivity index (χ4v) is 4.06. The second kappa shape index (κ2) is 7.82. The van der Waals surface area contributed by atoms with E-state index in [4.69, 9.17) is 0 Å². The van der Waals surface area contributed by atoms with Gasteiger partial charge in [0.15, 0.2) is 5.65 Å². The number of nitrogens with one attached hydrogen (secondary N) is 2. The van der Waals surface area contributed by atoms with Crippen LogP contribution in [0.15, 0.2) is 66.2 Å². The summed E-state index contributed by atoms with van der Waals surface area (Å²) in [5.41, 5.74) is 5.22. The molecule has 7 heteroatoms. The number of nitrogens with zero attached hydrogens (tertiary/aromatic N) is 3. The fourth-order valence-electron chi connectivity index (χ4n) is 3.00. The molecule has 0 bridgehead atoms. The number of carbonyl (C=O) groups is 1. The number of thioether (sulfide) groups is 1. The van der Waals surface area contributed by atoms with Gasteiger partial charge in [-0.1, -0.05) is 59.8 Å². The lowest BCUT2D eigenvalue weighted by atomic mass is 10.1. The van der Waals surface area contributed by atoms with Crippen molar-refractivity contribution in [3.05, 3.63) is 77.9 Å². The first-order valence-electron chi connectivity index (χ1n) is 8.85. The lowest BCUT2D eigenvalue weighted by Crippen LogP contribution is -2.19. The van der Waals surface area contributed by atoms with Gasteiger partial charge < -0.3 is 10.3 Å². The second-order valence-electron chi connectivity index (χ2n) is 6.50. The molecule has 0 saturated carbocycles. The summed E-state index contributed by atoms with van der Waals surface area (Å²) in [6, 6.07) is 15.7. The summed E-state index contributed by atoms with van der Waals surface area (Å²) in [7, 11) is 0. The van der Waals surface area contributed by atoms with Gasteiger partial charge in [-0.3, -0.25) is 4.79 Å². The zero-order chi connectivity index (χ0) is 19.5. The first-order chi connectivity index (χ1) is 13.6. The molecule has 1 unspecified atom stereocenters. The number of hydrogen-bond donors (Lipinski definition) is 2. The van der Waals surface area contributed by atoms with Crippen molar-refractivity contribution >= 4 is 34.5 Å². The molecule has 2 aromatic heterocycles. The molecule has 4 rings (SSSR count). The van der Waals surface area contributed by atoms with Crippen LogP contribution in [-0.2, 0) is 4.79 Å². The van der Waals surface area contributed by atoms with Crippen LogP contribution in [0.2, 0.25) is 0 Å². The average molecular weight is 389 g/mol. The molecular weight excluding hydrogens is 370 g/mol. The van der Waals surface area contributed by atoms with Gasteiger partial charge in [0.2, 0.25) is 5.91 Å².